The van der Waals surface area contributed by atoms with Gasteiger partial charge in [0.15, 0.2) is 26.9 Å². The number of nitrogens with zero attached hydrogens (tertiary/aromatic N) is 2. The smallest absolute Gasteiger partial charge is 0.182 e. The van der Waals surface area contributed by atoms with Crippen LogP contribution in [0.1, 0.15) is 0 Å². The monoisotopic (exact) mass is 208 g/mol. The van der Waals surface area contributed by atoms with E-state index < -0.39 is 0 Å². The molecule has 0 amide bonds. The lowest BCUT2D eigenvalue weighted by Gasteiger charge is -2.45. The predicted octanol–water partition coefficient (Wildman–Crippen LogP) is -2.57. The van der Waals surface area contributed by atoms with Crippen molar-refractivity contribution in [3.63, 3.8) is 0 Å². The highest BCUT2D eigenvalue weighted by molar-refractivity contribution is 4.47. The predicted molar refractivity (Wildman–Crippen MR) is 48.3 cm³/mol. The van der Waals surface area contributed by atoms with E-state index >= 15 is 0 Å². The summed E-state index contributed by atoms with van der Waals surface area (Å²) >= 11 is 0. The van der Waals surface area contributed by atoms with E-state index in [0.29, 0.717) is 26.2 Å². The molecule has 0 aromatic rings. The van der Waals surface area contributed by atoms with Gasteiger partial charge in [-0.05, 0) is 0 Å². The minimum absolute atomic E-state index is 0.0899. The van der Waals surface area contributed by atoms with Crippen LogP contribution in [0, 0.1) is 0 Å². The van der Waals surface area contributed by atoms with Gasteiger partial charge in [-0.15, -0.1) is 0 Å². The molecule has 0 radical (unpaired) electrons. The van der Waals surface area contributed by atoms with Crippen molar-refractivity contribution in [2.24, 2.45) is 0 Å². The Balaban J connectivity index is 2.59. The molecule has 6 heteroatoms. The van der Waals surface area contributed by atoms with Gasteiger partial charge in [0.2, 0.25) is 0 Å². The Bertz CT molecular complexity index is 148. The summed E-state index contributed by atoms with van der Waals surface area (Å²) in [4.78, 5) is 0. The first-order chi connectivity index (χ1) is 6.66. The van der Waals surface area contributed by atoms with E-state index in [0.717, 1.165) is 0 Å². The topological polar surface area (TPSA) is 80.9 Å². The Kier molecular flexibility index (Phi) is 3.82. The number of aliphatic hydroxyl groups is 4. The molecule has 1 aliphatic heterocycles. The van der Waals surface area contributed by atoms with Crippen LogP contribution >= 0.6 is 0 Å². The van der Waals surface area contributed by atoms with Crippen molar-refractivity contribution >= 4 is 0 Å². The van der Waals surface area contributed by atoms with Crippen molar-refractivity contribution in [1.29, 1.82) is 0 Å². The third-order valence-electron chi connectivity index (χ3n) is 3.30. The number of piperazine rings is 1. The molecule has 0 bridgehead atoms. The van der Waals surface area contributed by atoms with Crippen molar-refractivity contribution in [3.05, 3.63) is 0 Å². The van der Waals surface area contributed by atoms with Gasteiger partial charge < -0.3 is 20.4 Å². The summed E-state index contributed by atoms with van der Waals surface area (Å²) < 4.78 is 0.500. The first kappa shape index (κ1) is 11.8. The highest BCUT2D eigenvalue weighted by Crippen LogP contribution is 2.16. The van der Waals surface area contributed by atoms with Crippen molar-refractivity contribution in [3.8, 4) is 0 Å². The summed E-state index contributed by atoms with van der Waals surface area (Å²) in [5.74, 6) is 0. The maximum Gasteiger partial charge on any atom is 0.182 e. The van der Waals surface area contributed by atoms with Gasteiger partial charge in [-0.2, -0.15) is 0 Å². The van der Waals surface area contributed by atoms with Crippen LogP contribution in [-0.2, 0) is 0 Å². The maximum atomic E-state index is 9.14. The fourth-order valence-electron chi connectivity index (χ4n) is 1.73. The highest BCUT2D eigenvalue weighted by atomic mass is 16.3. The largest absolute Gasteiger partial charge is 0.347 e. The molecule has 0 unspecified atom stereocenters. The molecular formula is C8H20N2O4+2. The summed E-state index contributed by atoms with van der Waals surface area (Å²) in [5, 5.41) is 36.5. The van der Waals surface area contributed by atoms with E-state index in [1.807, 2.05) is 0 Å². The van der Waals surface area contributed by atoms with Crippen LogP contribution in [0.5, 0.6) is 0 Å². The van der Waals surface area contributed by atoms with Crippen LogP contribution in [0.15, 0.2) is 0 Å². The van der Waals surface area contributed by atoms with Gasteiger partial charge in [-0.1, -0.05) is 0 Å². The molecular weight excluding hydrogens is 188 g/mol. The molecule has 14 heavy (non-hydrogen) atoms. The van der Waals surface area contributed by atoms with Crippen molar-refractivity contribution in [2.45, 2.75) is 0 Å². The van der Waals surface area contributed by atoms with Gasteiger partial charge in [0, 0.05) is 0 Å². The van der Waals surface area contributed by atoms with Gasteiger partial charge in [0.1, 0.15) is 26.2 Å². The Labute approximate surface area is 83.4 Å². The minimum Gasteiger partial charge on any atom is -0.347 e. The molecule has 0 atom stereocenters. The van der Waals surface area contributed by atoms with Gasteiger partial charge in [0.25, 0.3) is 0 Å². The van der Waals surface area contributed by atoms with Crippen LogP contribution in [-0.4, -0.2) is 82.5 Å². The number of aliphatic hydroxyl groups excluding tert-OH is 4. The lowest BCUT2D eigenvalue weighted by atomic mass is 10.2. The molecule has 6 nitrogen and oxygen atoms in total. The minimum atomic E-state index is -0.0899. The molecule has 0 spiro atoms. The van der Waals surface area contributed by atoms with Crippen LogP contribution in [0.2, 0.25) is 0 Å². The molecule has 1 aliphatic rings. The quantitative estimate of drug-likeness (QED) is 0.383. The van der Waals surface area contributed by atoms with E-state index in [2.05, 4.69) is 0 Å². The van der Waals surface area contributed by atoms with Crippen LogP contribution in [0.25, 0.3) is 0 Å². The van der Waals surface area contributed by atoms with Crippen LogP contribution in [0.3, 0.4) is 0 Å². The van der Waals surface area contributed by atoms with Crippen molar-refractivity contribution in [2.75, 3.05) is 53.1 Å². The second kappa shape index (κ2) is 4.52. The Morgan fingerprint density at radius 3 is 0.929 bits per heavy atom. The SMILES string of the molecule is OC[N+]1(CO)CC[N+](CO)(CO)CC1. The Hall–Kier alpha value is -0.240. The maximum absolute atomic E-state index is 9.14. The van der Waals surface area contributed by atoms with E-state index in [1.165, 1.54) is 0 Å². The fourth-order valence-corrected chi connectivity index (χ4v) is 1.73. The van der Waals surface area contributed by atoms with Gasteiger partial charge >= 0.3 is 0 Å². The zero-order valence-electron chi connectivity index (χ0n) is 8.34. The summed E-state index contributed by atoms with van der Waals surface area (Å²) in [6.07, 6.45) is 0. The third-order valence-corrected chi connectivity index (χ3v) is 3.30. The molecule has 1 rings (SSSR count). The van der Waals surface area contributed by atoms with Crippen molar-refractivity contribution < 1.29 is 29.4 Å². The Morgan fingerprint density at radius 1 is 0.571 bits per heavy atom. The molecule has 0 aromatic heterocycles. The van der Waals surface area contributed by atoms with Crippen LogP contribution < -0.4 is 0 Å². The lowest BCUT2D eigenvalue weighted by molar-refractivity contribution is -1.06. The van der Waals surface area contributed by atoms with Gasteiger partial charge in [-0.25, -0.2) is 0 Å². The second-order valence-corrected chi connectivity index (χ2v) is 4.14. The fraction of sp³-hybridized carbons (Fsp3) is 1.00. The summed E-state index contributed by atoms with van der Waals surface area (Å²) in [5.41, 5.74) is 0. The number of quaternary nitrogens is 2. The zero-order chi connectivity index (χ0) is 10.7. The van der Waals surface area contributed by atoms with E-state index in [1.54, 1.807) is 0 Å². The zero-order valence-corrected chi connectivity index (χ0v) is 8.34. The third kappa shape index (κ3) is 2.05. The summed E-state index contributed by atoms with van der Waals surface area (Å²) in [6.45, 7) is 1.95. The molecule has 0 saturated carbocycles. The average Bonchev–Trinajstić information content (AvgIpc) is 2.29. The lowest BCUT2D eigenvalue weighted by Crippen LogP contribution is -2.67. The molecule has 1 saturated heterocycles. The molecule has 84 valence electrons. The normalized spacial score (nSPS) is 24.9. The van der Waals surface area contributed by atoms with E-state index in [4.69, 9.17) is 20.4 Å². The van der Waals surface area contributed by atoms with Crippen LogP contribution in [0.4, 0.5) is 0 Å². The van der Waals surface area contributed by atoms with Crippen molar-refractivity contribution in [1.82, 2.24) is 0 Å². The average molecular weight is 208 g/mol. The molecule has 0 aromatic carbocycles. The second-order valence-electron chi connectivity index (χ2n) is 4.14. The van der Waals surface area contributed by atoms with Gasteiger partial charge in [-0.3, -0.25) is 8.97 Å². The number of hydrogen-bond donors (Lipinski definition) is 4. The first-order valence-corrected chi connectivity index (χ1v) is 4.79. The van der Waals surface area contributed by atoms with Gasteiger partial charge in [0.05, 0.1) is 0 Å². The summed E-state index contributed by atoms with van der Waals surface area (Å²) in [6, 6.07) is 0. The standard InChI is InChI=1S/C8H20N2O4/c11-5-9(6-12)1-2-10(7-13,8-14)4-3-9/h11-14H,1-8H2/q+2. The molecule has 0 aliphatic carbocycles. The Morgan fingerprint density at radius 2 is 0.786 bits per heavy atom. The van der Waals surface area contributed by atoms with E-state index in [-0.39, 0.29) is 35.9 Å². The highest BCUT2D eigenvalue weighted by Gasteiger charge is 2.40. The van der Waals surface area contributed by atoms with E-state index in [9.17, 15) is 0 Å². The first-order valence-electron chi connectivity index (χ1n) is 4.79. The summed E-state index contributed by atoms with van der Waals surface area (Å²) in [7, 11) is 0. The molecule has 4 N–H and O–H groups in total. The molecule has 1 heterocycles. The molecule has 1 fully saturated rings. The number of rotatable bonds is 4. The number of hydrogen-bond acceptors (Lipinski definition) is 4.